The molecule has 0 saturated carbocycles. The minimum absolute atomic E-state index is 0.0333. The van der Waals surface area contributed by atoms with Gasteiger partial charge in [-0.15, -0.1) is 11.8 Å². The molecule has 1 heterocycles. The molecule has 0 spiro atoms. The van der Waals surface area contributed by atoms with Crippen molar-refractivity contribution in [2.45, 2.75) is 13.8 Å². The van der Waals surface area contributed by atoms with E-state index < -0.39 is 0 Å². The number of carbonyl (C=O) groups is 2. The van der Waals surface area contributed by atoms with E-state index in [1.807, 2.05) is 32.0 Å². The number of benzene rings is 1. The second-order valence-electron chi connectivity index (χ2n) is 5.01. The van der Waals surface area contributed by atoms with E-state index in [4.69, 9.17) is 0 Å². The van der Waals surface area contributed by atoms with Crippen LogP contribution >= 0.6 is 11.8 Å². The molecule has 6 heteroatoms. The van der Waals surface area contributed by atoms with E-state index in [2.05, 4.69) is 10.4 Å². The molecule has 5 nitrogen and oxygen atoms in total. The fraction of sp³-hybridized carbons (Fsp3) is 0.312. The molecule has 0 radical (unpaired) electrons. The summed E-state index contributed by atoms with van der Waals surface area (Å²) in [6, 6.07) is 9.10. The van der Waals surface area contributed by atoms with Crippen LogP contribution in [0.5, 0.6) is 0 Å². The van der Waals surface area contributed by atoms with Gasteiger partial charge in [0.2, 0.25) is 5.91 Å². The number of ketones is 1. The summed E-state index contributed by atoms with van der Waals surface area (Å²) < 4.78 is 1.66. The van der Waals surface area contributed by atoms with Crippen LogP contribution in [-0.4, -0.2) is 33.0 Å². The Morgan fingerprint density at radius 3 is 2.45 bits per heavy atom. The van der Waals surface area contributed by atoms with Crippen molar-refractivity contribution in [2.24, 2.45) is 7.05 Å². The van der Waals surface area contributed by atoms with Crippen LogP contribution in [0.25, 0.3) is 0 Å². The number of amides is 1. The van der Waals surface area contributed by atoms with Gasteiger partial charge in [0.25, 0.3) is 0 Å². The van der Waals surface area contributed by atoms with E-state index in [0.717, 1.165) is 11.3 Å². The normalized spacial score (nSPS) is 10.5. The number of nitrogens with zero attached hydrogens (tertiary/aromatic N) is 2. The summed E-state index contributed by atoms with van der Waals surface area (Å²) in [4.78, 5) is 23.9. The van der Waals surface area contributed by atoms with E-state index in [1.165, 1.54) is 11.8 Å². The topological polar surface area (TPSA) is 64.0 Å². The van der Waals surface area contributed by atoms with Crippen molar-refractivity contribution in [1.29, 1.82) is 0 Å². The van der Waals surface area contributed by atoms with Crippen LogP contribution in [0.2, 0.25) is 0 Å². The molecule has 1 N–H and O–H groups in total. The predicted molar refractivity (Wildman–Crippen MR) is 89.4 cm³/mol. The molecular formula is C16H19N3O2S. The van der Waals surface area contributed by atoms with Crippen molar-refractivity contribution < 1.29 is 9.59 Å². The van der Waals surface area contributed by atoms with Crippen molar-refractivity contribution in [2.75, 3.05) is 16.8 Å². The Morgan fingerprint density at radius 2 is 1.86 bits per heavy atom. The summed E-state index contributed by atoms with van der Waals surface area (Å²) >= 11 is 1.31. The molecule has 0 saturated heterocycles. The SMILES string of the molecule is Cc1nn(C)c(NC(=O)CSCC(=O)c2ccccc2)c1C. The number of hydrogen-bond donors (Lipinski definition) is 1. The summed E-state index contributed by atoms with van der Waals surface area (Å²) in [5, 5.41) is 7.10. The first-order valence-electron chi connectivity index (χ1n) is 6.95. The zero-order chi connectivity index (χ0) is 16.1. The van der Waals surface area contributed by atoms with Gasteiger partial charge in [0, 0.05) is 18.2 Å². The van der Waals surface area contributed by atoms with Crippen molar-refractivity contribution in [3.63, 3.8) is 0 Å². The van der Waals surface area contributed by atoms with Crippen molar-refractivity contribution >= 4 is 29.3 Å². The van der Waals surface area contributed by atoms with Crippen LogP contribution in [0.15, 0.2) is 30.3 Å². The maximum absolute atomic E-state index is 12.0. The van der Waals surface area contributed by atoms with E-state index in [9.17, 15) is 9.59 Å². The average Bonchev–Trinajstić information content (AvgIpc) is 2.74. The summed E-state index contributed by atoms with van der Waals surface area (Å²) in [6.45, 7) is 3.82. The minimum Gasteiger partial charge on any atom is -0.310 e. The summed E-state index contributed by atoms with van der Waals surface area (Å²) in [6.07, 6.45) is 0. The number of thioether (sulfide) groups is 1. The summed E-state index contributed by atoms with van der Waals surface area (Å²) in [5.41, 5.74) is 2.53. The molecule has 0 aliphatic carbocycles. The van der Waals surface area contributed by atoms with Gasteiger partial charge < -0.3 is 5.32 Å². The van der Waals surface area contributed by atoms with Crippen LogP contribution in [-0.2, 0) is 11.8 Å². The Hall–Kier alpha value is -2.08. The van der Waals surface area contributed by atoms with Crippen LogP contribution in [0, 0.1) is 13.8 Å². The third kappa shape index (κ3) is 3.98. The zero-order valence-electron chi connectivity index (χ0n) is 12.9. The molecule has 0 aliphatic heterocycles. The first kappa shape index (κ1) is 16.3. The lowest BCUT2D eigenvalue weighted by Crippen LogP contribution is -2.18. The Bertz CT molecular complexity index is 680. The highest BCUT2D eigenvalue weighted by Gasteiger charge is 2.13. The lowest BCUT2D eigenvalue weighted by molar-refractivity contribution is -0.113. The monoisotopic (exact) mass is 317 g/mol. The van der Waals surface area contributed by atoms with Gasteiger partial charge in [-0.3, -0.25) is 14.3 Å². The number of anilines is 1. The lowest BCUT2D eigenvalue weighted by Gasteiger charge is -2.06. The average molecular weight is 317 g/mol. The minimum atomic E-state index is -0.128. The number of nitrogens with one attached hydrogen (secondary N) is 1. The number of aromatic nitrogens is 2. The molecule has 2 aromatic rings. The number of hydrogen-bond acceptors (Lipinski definition) is 4. The maximum Gasteiger partial charge on any atom is 0.235 e. The number of Topliss-reactive ketones (excluding diaryl/α,β-unsaturated/α-hetero) is 1. The van der Waals surface area contributed by atoms with Crippen LogP contribution in [0.1, 0.15) is 21.6 Å². The van der Waals surface area contributed by atoms with Crippen LogP contribution in [0.3, 0.4) is 0 Å². The molecule has 0 fully saturated rings. The predicted octanol–water partition coefficient (Wildman–Crippen LogP) is 2.59. The molecular weight excluding hydrogens is 298 g/mol. The largest absolute Gasteiger partial charge is 0.310 e. The molecule has 1 aromatic carbocycles. The molecule has 0 bridgehead atoms. The molecule has 1 amide bonds. The molecule has 0 unspecified atom stereocenters. The van der Waals surface area contributed by atoms with Gasteiger partial charge in [-0.1, -0.05) is 30.3 Å². The second kappa shape index (κ2) is 7.26. The number of rotatable bonds is 6. The Morgan fingerprint density at radius 1 is 1.18 bits per heavy atom. The third-order valence-corrected chi connectivity index (χ3v) is 4.27. The van der Waals surface area contributed by atoms with Gasteiger partial charge in [-0.2, -0.15) is 5.10 Å². The van der Waals surface area contributed by atoms with Gasteiger partial charge in [0.1, 0.15) is 5.82 Å². The third-order valence-electron chi connectivity index (χ3n) is 3.34. The van der Waals surface area contributed by atoms with Gasteiger partial charge in [0.05, 0.1) is 17.2 Å². The number of aryl methyl sites for hydroxylation is 2. The maximum atomic E-state index is 12.0. The quantitative estimate of drug-likeness (QED) is 0.832. The molecule has 22 heavy (non-hydrogen) atoms. The van der Waals surface area contributed by atoms with Crippen molar-refractivity contribution in [3.8, 4) is 0 Å². The molecule has 0 atom stereocenters. The van der Waals surface area contributed by atoms with Gasteiger partial charge in [-0.25, -0.2) is 0 Å². The Labute approximate surface area is 134 Å². The van der Waals surface area contributed by atoms with E-state index in [1.54, 1.807) is 23.9 Å². The second-order valence-corrected chi connectivity index (χ2v) is 6.00. The van der Waals surface area contributed by atoms with Crippen molar-refractivity contribution in [1.82, 2.24) is 9.78 Å². The van der Waals surface area contributed by atoms with E-state index in [0.29, 0.717) is 17.1 Å². The highest BCUT2D eigenvalue weighted by Crippen LogP contribution is 2.17. The van der Waals surface area contributed by atoms with Gasteiger partial charge >= 0.3 is 0 Å². The molecule has 2 rings (SSSR count). The Kier molecular flexibility index (Phi) is 5.38. The lowest BCUT2D eigenvalue weighted by atomic mass is 10.2. The highest BCUT2D eigenvalue weighted by molar-refractivity contribution is 8.00. The van der Waals surface area contributed by atoms with E-state index >= 15 is 0 Å². The standard InChI is InChI=1S/C16H19N3O2S/c1-11-12(2)18-19(3)16(11)17-15(21)10-22-9-14(20)13-7-5-4-6-8-13/h4-8H,9-10H2,1-3H3,(H,17,21). The molecule has 0 aliphatic rings. The van der Waals surface area contributed by atoms with Crippen LogP contribution in [0.4, 0.5) is 5.82 Å². The number of carbonyl (C=O) groups excluding carboxylic acids is 2. The van der Waals surface area contributed by atoms with Gasteiger partial charge in [-0.05, 0) is 13.8 Å². The summed E-state index contributed by atoms with van der Waals surface area (Å²) in [7, 11) is 1.79. The zero-order valence-corrected chi connectivity index (χ0v) is 13.7. The smallest absolute Gasteiger partial charge is 0.235 e. The van der Waals surface area contributed by atoms with Crippen molar-refractivity contribution in [3.05, 3.63) is 47.2 Å². The fourth-order valence-corrected chi connectivity index (χ4v) is 2.76. The van der Waals surface area contributed by atoms with E-state index in [-0.39, 0.29) is 17.4 Å². The summed E-state index contributed by atoms with van der Waals surface area (Å²) in [5.74, 6) is 1.14. The Balaban J connectivity index is 1.82. The molecule has 1 aromatic heterocycles. The highest BCUT2D eigenvalue weighted by atomic mass is 32.2. The fourth-order valence-electron chi connectivity index (χ4n) is 2.05. The first-order valence-corrected chi connectivity index (χ1v) is 8.10. The molecule has 116 valence electrons. The van der Waals surface area contributed by atoms with Gasteiger partial charge in [0.15, 0.2) is 5.78 Å². The first-order chi connectivity index (χ1) is 10.5. The van der Waals surface area contributed by atoms with Crippen LogP contribution < -0.4 is 5.32 Å².